The highest BCUT2D eigenvalue weighted by molar-refractivity contribution is 5.85. The van der Waals surface area contributed by atoms with Gasteiger partial charge in [-0.1, -0.05) is 6.92 Å². The van der Waals surface area contributed by atoms with Crippen LogP contribution in [0, 0.1) is 5.92 Å². The number of alkyl halides is 3. The van der Waals surface area contributed by atoms with Crippen LogP contribution in [0.5, 0.6) is 0 Å². The first-order valence-corrected chi connectivity index (χ1v) is 6.51. The van der Waals surface area contributed by atoms with E-state index >= 15 is 0 Å². The van der Waals surface area contributed by atoms with Crippen molar-refractivity contribution in [3.05, 3.63) is 0 Å². The van der Waals surface area contributed by atoms with Gasteiger partial charge in [0.2, 0.25) is 5.91 Å². The van der Waals surface area contributed by atoms with Gasteiger partial charge in [0.1, 0.15) is 5.54 Å². The van der Waals surface area contributed by atoms with E-state index in [1.54, 1.807) is 0 Å². The van der Waals surface area contributed by atoms with Crippen molar-refractivity contribution in [1.82, 2.24) is 5.32 Å². The van der Waals surface area contributed by atoms with E-state index in [2.05, 4.69) is 5.32 Å². The lowest BCUT2D eigenvalue weighted by Gasteiger charge is -2.31. The normalized spacial score (nSPS) is 19.2. The Morgan fingerprint density at radius 1 is 1.42 bits per heavy atom. The predicted octanol–water partition coefficient (Wildman–Crippen LogP) is 1.59. The molecule has 0 aromatic heterocycles. The molecule has 7 heteroatoms. The molecule has 1 saturated carbocycles. The predicted molar refractivity (Wildman–Crippen MR) is 64.4 cm³/mol. The maximum Gasteiger partial charge on any atom is 0.389 e. The Hall–Kier alpha value is -0.820. The molecule has 1 fully saturated rings. The van der Waals surface area contributed by atoms with E-state index in [-0.39, 0.29) is 25.6 Å². The number of carbonyl (C=O) groups is 1. The Morgan fingerprint density at radius 3 is 2.47 bits per heavy atom. The van der Waals surface area contributed by atoms with Crippen LogP contribution in [0.2, 0.25) is 0 Å². The summed E-state index contributed by atoms with van der Waals surface area (Å²) in [6, 6.07) is 0. The minimum absolute atomic E-state index is 0.0212. The van der Waals surface area contributed by atoms with Crippen molar-refractivity contribution in [2.24, 2.45) is 11.7 Å². The zero-order valence-corrected chi connectivity index (χ0v) is 11.1. The highest BCUT2D eigenvalue weighted by Crippen LogP contribution is 2.40. The second kappa shape index (κ2) is 6.56. The molecule has 0 spiro atoms. The van der Waals surface area contributed by atoms with Crippen molar-refractivity contribution in [1.29, 1.82) is 0 Å². The molecule has 4 nitrogen and oxygen atoms in total. The number of rotatable bonds is 9. The molecule has 1 aliphatic rings. The number of amides is 1. The third kappa shape index (κ3) is 4.99. The van der Waals surface area contributed by atoms with E-state index in [0.717, 1.165) is 12.8 Å². The number of hydrogen-bond acceptors (Lipinski definition) is 3. The van der Waals surface area contributed by atoms with Crippen molar-refractivity contribution in [2.45, 2.75) is 44.3 Å². The van der Waals surface area contributed by atoms with Crippen LogP contribution in [0.25, 0.3) is 0 Å². The second-order valence-electron chi connectivity index (χ2n) is 4.91. The van der Waals surface area contributed by atoms with Crippen LogP contribution in [0.1, 0.15) is 32.6 Å². The van der Waals surface area contributed by atoms with Crippen LogP contribution in [0.4, 0.5) is 13.2 Å². The molecular formula is C12H21F3N2O2. The fraction of sp³-hybridized carbons (Fsp3) is 0.917. The van der Waals surface area contributed by atoms with Gasteiger partial charge in [0.05, 0.1) is 6.61 Å². The largest absolute Gasteiger partial charge is 0.389 e. The Balaban J connectivity index is 2.39. The Labute approximate surface area is 110 Å². The summed E-state index contributed by atoms with van der Waals surface area (Å²) in [6.07, 6.45) is -3.36. The molecule has 0 radical (unpaired) electrons. The maximum atomic E-state index is 12.0. The summed E-state index contributed by atoms with van der Waals surface area (Å²) in [4.78, 5) is 11.6. The standard InChI is InChI=1S/C12H21F3N2O2/c1-2-17-11(10(16)18,9-4-5-9)8-19-7-3-6-12(13,14)15/h9,17H,2-8H2,1H3,(H2,16,18). The zero-order valence-electron chi connectivity index (χ0n) is 11.1. The van der Waals surface area contributed by atoms with Gasteiger partial charge in [-0.15, -0.1) is 0 Å². The zero-order chi connectivity index (χ0) is 14.5. The Bertz CT molecular complexity index is 306. The molecule has 1 rings (SSSR count). The van der Waals surface area contributed by atoms with Gasteiger partial charge in [-0.05, 0) is 31.7 Å². The molecule has 0 aromatic rings. The van der Waals surface area contributed by atoms with Crippen molar-refractivity contribution in [2.75, 3.05) is 19.8 Å². The van der Waals surface area contributed by atoms with Crippen LogP contribution in [-0.4, -0.2) is 37.4 Å². The topological polar surface area (TPSA) is 64.3 Å². The van der Waals surface area contributed by atoms with Crippen molar-refractivity contribution < 1.29 is 22.7 Å². The van der Waals surface area contributed by atoms with E-state index < -0.39 is 24.0 Å². The molecule has 19 heavy (non-hydrogen) atoms. The summed E-state index contributed by atoms with van der Waals surface area (Å²) >= 11 is 0. The van der Waals surface area contributed by atoms with Gasteiger partial charge in [-0.3, -0.25) is 4.79 Å². The van der Waals surface area contributed by atoms with Gasteiger partial charge in [-0.2, -0.15) is 13.2 Å². The van der Waals surface area contributed by atoms with Crippen LogP contribution in [0.3, 0.4) is 0 Å². The van der Waals surface area contributed by atoms with Gasteiger partial charge in [0, 0.05) is 13.0 Å². The van der Waals surface area contributed by atoms with Gasteiger partial charge < -0.3 is 15.8 Å². The number of hydrogen-bond donors (Lipinski definition) is 2. The van der Waals surface area contributed by atoms with E-state index in [9.17, 15) is 18.0 Å². The number of primary amides is 1. The van der Waals surface area contributed by atoms with Crippen molar-refractivity contribution in [3.63, 3.8) is 0 Å². The highest BCUT2D eigenvalue weighted by atomic mass is 19.4. The molecule has 3 N–H and O–H groups in total. The number of halogens is 3. The number of likely N-dealkylation sites (N-methyl/N-ethyl adjacent to an activating group) is 1. The maximum absolute atomic E-state index is 12.0. The highest BCUT2D eigenvalue weighted by Gasteiger charge is 2.49. The number of ether oxygens (including phenoxy) is 1. The summed E-state index contributed by atoms with van der Waals surface area (Å²) < 4.78 is 41.1. The van der Waals surface area contributed by atoms with Gasteiger partial charge in [0.25, 0.3) is 0 Å². The summed E-state index contributed by atoms with van der Waals surface area (Å²) in [6.45, 7) is 2.43. The number of nitrogens with two attached hydrogens (primary N) is 1. The quantitative estimate of drug-likeness (QED) is 0.631. The van der Waals surface area contributed by atoms with E-state index in [0.29, 0.717) is 6.54 Å². The summed E-state index contributed by atoms with van der Waals surface area (Å²) in [7, 11) is 0. The second-order valence-corrected chi connectivity index (χ2v) is 4.91. The first-order chi connectivity index (χ1) is 8.82. The third-order valence-electron chi connectivity index (χ3n) is 3.28. The Morgan fingerprint density at radius 2 is 2.05 bits per heavy atom. The van der Waals surface area contributed by atoms with Gasteiger partial charge >= 0.3 is 6.18 Å². The monoisotopic (exact) mass is 282 g/mol. The number of carbonyl (C=O) groups excluding carboxylic acids is 1. The van der Waals surface area contributed by atoms with Crippen molar-refractivity contribution >= 4 is 5.91 Å². The lowest BCUT2D eigenvalue weighted by atomic mass is 9.93. The average Bonchev–Trinajstić information content (AvgIpc) is 3.09. The first kappa shape index (κ1) is 16.2. The molecule has 1 atom stereocenters. The molecule has 112 valence electrons. The molecule has 0 aromatic carbocycles. The molecule has 1 aliphatic carbocycles. The van der Waals surface area contributed by atoms with Crippen LogP contribution < -0.4 is 11.1 Å². The van der Waals surface area contributed by atoms with Crippen LogP contribution >= 0.6 is 0 Å². The minimum atomic E-state index is -4.16. The molecule has 1 unspecified atom stereocenters. The van der Waals surface area contributed by atoms with Gasteiger partial charge in [0.15, 0.2) is 0 Å². The molecule has 0 heterocycles. The minimum Gasteiger partial charge on any atom is -0.379 e. The van der Waals surface area contributed by atoms with Crippen LogP contribution in [-0.2, 0) is 9.53 Å². The lowest BCUT2D eigenvalue weighted by molar-refractivity contribution is -0.139. The summed E-state index contributed by atoms with van der Waals surface area (Å²) in [5, 5.41) is 3.04. The summed E-state index contributed by atoms with van der Waals surface area (Å²) in [5.41, 5.74) is 4.50. The van der Waals surface area contributed by atoms with Crippen LogP contribution in [0.15, 0.2) is 0 Å². The fourth-order valence-electron chi connectivity index (χ4n) is 2.17. The average molecular weight is 282 g/mol. The summed E-state index contributed by atoms with van der Waals surface area (Å²) in [5.74, 6) is -0.361. The smallest absolute Gasteiger partial charge is 0.379 e. The first-order valence-electron chi connectivity index (χ1n) is 6.51. The van der Waals surface area contributed by atoms with Gasteiger partial charge in [-0.25, -0.2) is 0 Å². The third-order valence-corrected chi connectivity index (χ3v) is 3.28. The molecular weight excluding hydrogens is 261 g/mol. The van der Waals surface area contributed by atoms with E-state index in [1.807, 2.05) is 6.92 Å². The molecule has 1 amide bonds. The van der Waals surface area contributed by atoms with E-state index in [4.69, 9.17) is 10.5 Å². The molecule has 0 saturated heterocycles. The number of nitrogens with one attached hydrogen (secondary N) is 1. The lowest BCUT2D eigenvalue weighted by Crippen LogP contribution is -2.60. The Kier molecular flexibility index (Phi) is 5.61. The molecule has 0 bridgehead atoms. The van der Waals surface area contributed by atoms with E-state index in [1.165, 1.54) is 0 Å². The fourth-order valence-corrected chi connectivity index (χ4v) is 2.17. The van der Waals surface area contributed by atoms with Crippen molar-refractivity contribution in [3.8, 4) is 0 Å². The molecule has 0 aliphatic heterocycles. The SMILES string of the molecule is CCNC(COCCCC(F)(F)F)(C(N)=O)C1CC1.